The minimum absolute atomic E-state index is 0.0428. The Labute approximate surface area is 144 Å². The number of phenols is 2. The Hall–Kier alpha value is -3.54. The van der Waals surface area contributed by atoms with Gasteiger partial charge in [-0.25, -0.2) is 5.43 Å². The summed E-state index contributed by atoms with van der Waals surface area (Å²) >= 11 is 0. The van der Waals surface area contributed by atoms with Crippen molar-refractivity contribution in [2.24, 2.45) is 5.10 Å². The molecule has 1 aromatic heterocycles. The number of hydrogen-bond donors (Lipinski definition) is 3. The van der Waals surface area contributed by atoms with Gasteiger partial charge in [-0.2, -0.15) is 5.10 Å². The van der Waals surface area contributed by atoms with Crippen LogP contribution in [0.15, 0.2) is 72.1 Å². The summed E-state index contributed by atoms with van der Waals surface area (Å²) in [6.45, 7) is 1.66. The number of nitrogens with one attached hydrogen (secondary N) is 1. The predicted molar refractivity (Wildman–Crippen MR) is 95.2 cm³/mol. The first kappa shape index (κ1) is 16.3. The molecule has 0 bridgehead atoms. The monoisotopic (exact) mass is 335 g/mol. The number of nitrogens with zero attached hydrogens (tertiary/aromatic N) is 2. The lowest BCUT2D eigenvalue weighted by atomic mass is 10.1. The second-order valence-corrected chi connectivity index (χ2v) is 5.45. The highest BCUT2D eigenvalue weighted by molar-refractivity contribution is 6.03. The minimum Gasteiger partial charge on any atom is -0.508 e. The summed E-state index contributed by atoms with van der Waals surface area (Å²) in [4.78, 5) is 12.5. The number of hydrogen-bond acceptors (Lipinski definition) is 4. The van der Waals surface area contributed by atoms with Crippen molar-refractivity contribution in [2.45, 2.75) is 6.92 Å². The lowest BCUT2D eigenvalue weighted by Gasteiger charge is -2.10. The molecule has 3 N–H and O–H groups in total. The molecule has 0 radical (unpaired) electrons. The van der Waals surface area contributed by atoms with Gasteiger partial charge in [-0.15, -0.1) is 0 Å². The molecule has 6 nitrogen and oxygen atoms in total. The zero-order chi connectivity index (χ0) is 17.8. The van der Waals surface area contributed by atoms with E-state index in [4.69, 9.17) is 0 Å². The van der Waals surface area contributed by atoms with Crippen molar-refractivity contribution in [1.29, 1.82) is 0 Å². The lowest BCUT2D eigenvalue weighted by Crippen LogP contribution is -2.21. The Morgan fingerprint density at radius 2 is 1.72 bits per heavy atom. The average molecular weight is 335 g/mol. The zero-order valence-corrected chi connectivity index (χ0v) is 13.5. The van der Waals surface area contributed by atoms with E-state index in [-0.39, 0.29) is 17.4 Å². The van der Waals surface area contributed by atoms with Crippen molar-refractivity contribution in [2.75, 3.05) is 0 Å². The van der Waals surface area contributed by atoms with Crippen molar-refractivity contribution in [3.63, 3.8) is 0 Å². The molecule has 0 atom stereocenters. The van der Waals surface area contributed by atoms with E-state index in [9.17, 15) is 15.0 Å². The maximum atomic E-state index is 12.5. The van der Waals surface area contributed by atoms with Gasteiger partial charge in [-0.1, -0.05) is 12.1 Å². The van der Waals surface area contributed by atoms with Crippen LogP contribution in [0.2, 0.25) is 0 Å². The summed E-state index contributed by atoms with van der Waals surface area (Å²) in [5.74, 6) is -0.510. The van der Waals surface area contributed by atoms with Crippen molar-refractivity contribution in [3.05, 3.63) is 78.1 Å². The number of phenolic OH excluding ortho intramolecular Hbond substituents is 2. The van der Waals surface area contributed by atoms with Crippen LogP contribution in [0.1, 0.15) is 22.8 Å². The van der Waals surface area contributed by atoms with Crippen molar-refractivity contribution < 1.29 is 15.0 Å². The summed E-state index contributed by atoms with van der Waals surface area (Å²) in [7, 11) is 0. The third-order valence-corrected chi connectivity index (χ3v) is 3.73. The standard InChI is InChI=1S/C19H17N3O3/c1-13(15-9-8-14(23)12-18(15)24)20-21-19(25)16-6-2-3-7-17(16)22-10-4-5-11-22/h2-12,23-24H,1H3,(H,21,25). The summed E-state index contributed by atoms with van der Waals surface area (Å²) < 4.78 is 1.84. The van der Waals surface area contributed by atoms with Crippen LogP contribution in [-0.4, -0.2) is 26.4 Å². The Kier molecular flexibility index (Phi) is 4.52. The molecule has 0 saturated carbocycles. The molecule has 0 saturated heterocycles. The quantitative estimate of drug-likeness (QED) is 0.506. The fourth-order valence-corrected chi connectivity index (χ4v) is 2.47. The van der Waals surface area contributed by atoms with Crippen molar-refractivity contribution in [3.8, 4) is 17.2 Å². The number of hydrazone groups is 1. The van der Waals surface area contributed by atoms with E-state index in [1.807, 2.05) is 41.2 Å². The maximum Gasteiger partial charge on any atom is 0.273 e. The number of benzene rings is 2. The number of amides is 1. The van der Waals surface area contributed by atoms with E-state index in [0.29, 0.717) is 16.8 Å². The Bertz CT molecular complexity index is 931. The molecule has 0 aliphatic carbocycles. The van der Waals surface area contributed by atoms with Crippen molar-refractivity contribution in [1.82, 2.24) is 9.99 Å². The van der Waals surface area contributed by atoms with Crippen LogP contribution < -0.4 is 5.43 Å². The molecule has 1 amide bonds. The van der Waals surface area contributed by atoms with Crippen LogP contribution in [0.25, 0.3) is 5.69 Å². The molecule has 0 fully saturated rings. The highest BCUT2D eigenvalue weighted by Gasteiger charge is 2.12. The van der Waals surface area contributed by atoms with E-state index in [1.165, 1.54) is 18.2 Å². The summed E-state index contributed by atoms with van der Waals surface area (Å²) in [5.41, 5.74) is 4.57. The Morgan fingerprint density at radius 3 is 2.44 bits per heavy atom. The molecule has 3 aromatic rings. The maximum absolute atomic E-state index is 12.5. The molecule has 25 heavy (non-hydrogen) atoms. The SMILES string of the molecule is CC(=NNC(=O)c1ccccc1-n1cccc1)c1ccc(O)cc1O. The molecule has 0 unspecified atom stereocenters. The van der Waals surface area contributed by atoms with Gasteiger partial charge in [0, 0.05) is 24.0 Å². The highest BCUT2D eigenvalue weighted by atomic mass is 16.3. The van der Waals surface area contributed by atoms with Gasteiger partial charge in [0.15, 0.2) is 0 Å². The summed E-state index contributed by atoms with van der Waals surface area (Å²) in [5, 5.41) is 23.2. The first-order chi connectivity index (χ1) is 12.1. The second-order valence-electron chi connectivity index (χ2n) is 5.45. The lowest BCUT2D eigenvalue weighted by molar-refractivity contribution is 0.0955. The van der Waals surface area contributed by atoms with Gasteiger partial charge in [0.1, 0.15) is 11.5 Å². The normalized spacial score (nSPS) is 11.3. The molecular formula is C19H17N3O3. The number of carbonyl (C=O) groups excluding carboxylic acids is 1. The number of aromatic hydroxyl groups is 2. The molecule has 0 aliphatic heterocycles. The van der Waals surface area contributed by atoms with Crippen LogP contribution in [0.4, 0.5) is 0 Å². The van der Waals surface area contributed by atoms with Crippen molar-refractivity contribution >= 4 is 11.6 Å². The first-order valence-electron chi connectivity index (χ1n) is 7.65. The van der Waals surface area contributed by atoms with Crippen LogP contribution in [0.5, 0.6) is 11.5 Å². The number of carbonyl (C=O) groups is 1. The fourth-order valence-electron chi connectivity index (χ4n) is 2.47. The van der Waals surface area contributed by atoms with Gasteiger partial charge >= 0.3 is 0 Å². The van der Waals surface area contributed by atoms with Crippen LogP contribution in [0.3, 0.4) is 0 Å². The number of rotatable bonds is 4. The smallest absolute Gasteiger partial charge is 0.273 e. The third-order valence-electron chi connectivity index (χ3n) is 3.73. The predicted octanol–water partition coefficient (Wildman–Crippen LogP) is 3.04. The summed E-state index contributed by atoms with van der Waals surface area (Å²) in [6.07, 6.45) is 3.71. The zero-order valence-electron chi connectivity index (χ0n) is 13.5. The molecule has 3 rings (SSSR count). The molecule has 126 valence electrons. The van der Waals surface area contributed by atoms with Crippen LogP contribution in [-0.2, 0) is 0 Å². The third kappa shape index (κ3) is 3.53. The molecular weight excluding hydrogens is 318 g/mol. The van der Waals surface area contributed by atoms with Crippen LogP contribution >= 0.6 is 0 Å². The Morgan fingerprint density at radius 1 is 1.00 bits per heavy atom. The second kappa shape index (κ2) is 6.92. The van der Waals surface area contributed by atoms with Gasteiger partial charge in [0.2, 0.25) is 0 Å². The van der Waals surface area contributed by atoms with E-state index < -0.39 is 0 Å². The average Bonchev–Trinajstić information content (AvgIpc) is 3.14. The minimum atomic E-state index is -0.359. The van der Waals surface area contributed by atoms with Gasteiger partial charge in [0.25, 0.3) is 5.91 Å². The highest BCUT2D eigenvalue weighted by Crippen LogP contribution is 2.23. The molecule has 0 aliphatic rings. The first-order valence-corrected chi connectivity index (χ1v) is 7.65. The molecule has 2 aromatic carbocycles. The molecule has 0 spiro atoms. The number of para-hydroxylation sites is 1. The topological polar surface area (TPSA) is 86.9 Å². The van der Waals surface area contributed by atoms with E-state index in [2.05, 4.69) is 10.5 Å². The molecule has 6 heteroatoms. The van der Waals surface area contributed by atoms with Gasteiger partial charge in [-0.3, -0.25) is 4.79 Å². The van der Waals surface area contributed by atoms with Gasteiger partial charge in [0.05, 0.1) is 17.0 Å². The number of aromatic nitrogens is 1. The molecule has 1 heterocycles. The Balaban J connectivity index is 1.84. The summed E-state index contributed by atoms with van der Waals surface area (Å²) in [6, 6.07) is 15.2. The van der Waals surface area contributed by atoms with E-state index in [1.54, 1.807) is 19.1 Å². The van der Waals surface area contributed by atoms with Gasteiger partial charge in [-0.05, 0) is 43.3 Å². The largest absolute Gasteiger partial charge is 0.508 e. The van der Waals surface area contributed by atoms with E-state index >= 15 is 0 Å². The van der Waals surface area contributed by atoms with Gasteiger partial charge < -0.3 is 14.8 Å². The fraction of sp³-hybridized carbons (Fsp3) is 0.0526. The van der Waals surface area contributed by atoms with E-state index in [0.717, 1.165) is 5.69 Å². The van der Waals surface area contributed by atoms with Crippen LogP contribution in [0, 0.1) is 0 Å².